The third kappa shape index (κ3) is 2.77. The van der Waals surface area contributed by atoms with Crippen molar-refractivity contribution < 1.29 is 23.1 Å². The minimum absolute atomic E-state index is 0.0665. The average Bonchev–Trinajstić information content (AvgIpc) is 2.86. The summed E-state index contributed by atoms with van der Waals surface area (Å²) in [7, 11) is 0. The SMILES string of the molecule is O=C(O)c1cc2ccccc2n1Cc1cnccc1C(F)(F)F. The number of benzene rings is 1. The van der Waals surface area contributed by atoms with E-state index in [0.29, 0.717) is 10.9 Å². The van der Waals surface area contributed by atoms with Gasteiger partial charge < -0.3 is 9.67 Å². The van der Waals surface area contributed by atoms with Crippen molar-refractivity contribution in [1.82, 2.24) is 9.55 Å². The average molecular weight is 320 g/mol. The third-order valence-electron chi connectivity index (χ3n) is 3.57. The van der Waals surface area contributed by atoms with E-state index in [0.717, 1.165) is 18.5 Å². The quantitative estimate of drug-likeness (QED) is 0.798. The molecular weight excluding hydrogens is 309 g/mol. The summed E-state index contributed by atoms with van der Waals surface area (Å²) in [5, 5.41) is 9.97. The number of carboxylic acids is 1. The fraction of sp³-hybridized carbons (Fsp3) is 0.125. The van der Waals surface area contributed by atoms with Gasteiger partial charge in [0.2, 0.25) is 0 Å². The molecule has 0 fully saturated rings. The molecule has 1 N–H and O–H groups in total. The van der Waals surface area contributed by atoms with Crippen molar-refractivity contribution >= 4 is 16.9 Å². The summed E-state index contributed by atoms with van der Waals surface area (Å²) in [6.45, 7) is -0.224. The van der Waals surface area contributed by atoms with Crippen molar-refractivity contribution in [3.63, 3.8) is 0 Å². The first kappa shape index (κ1) is 15.1. The van der Waals surface area contributed by atoms with E-state index in [-0.39, 0.29) is 17.8 Å². The van der Waals surface area contributed by atoms with Crippen LogP contribution in [0.4, 0.5) is 13.2 Å². The molecule has 0 saturated carbocycles. The second kappa shape index (κ2) is 5.42. The first-order valence-electron chi connectivity index (χ1n) is 6.69. The maximum absolute atomic E-state index is 13.1. The van der Waals surface area contributed by atoms with Crippen molar-refractivity contribution in [1.29, 1.82) is 0 Å². The Kier molecular flexibility index (Phi) is 3.55. The van der Waals surface area contributed by atoms with Crippen LogP contribution in [-0.2, 0) is 12.7 Å². The summed E-state index contributed by atoms with van der Waals surface area (Å²) in [5.74, 6) is -1.20. The summed E-state index contributed by atoms with van der Waals surface area (Å²) in [6.07, 6.45) is -2.34. The lowest BCUT2D eigenvalue weighted by molar-refractivity contribution is -0.138. The second-order valence-corrected chi connectivity index (χ2v) is 5.01. The Balaban J connectivity index is 2.16. The molecule has 4 nitrogen and oxygen atoms in total. The van der Waals surface area contributed by atoms with E-state index in [1.54, 1.807) is 24.3 Å². The largest absolute Gasteiger partial charge is 0.477 e. The second-order valence-electron chi connectivity index (χ2n) is 5.01. The van der Waals surface area contributed by atoms with Crippen LogP contribution in [-0.4, -0.2) is 20.6 Å². The van der Waals surface area contributed by atoms with Crippen molar-refractivity contribution in [3.8, 4) is 0 Å². The molecule has 0 radical (unpaired) electrons. The molecule has 3 rings (SSSR count). The van der Waals surface area contributed by atoms with E-state index in [2.05, 4.69) is 4.98 Å². The van der Waals surface area contributed by atoms with Crippen LogP contribution in [0, 0.1) is 0 Å². The Morgan fingerprint density at radius 1 is 1.22 bits per heavy atom. The molecule has 7 heteroatoms. The number of pyridine rings is 1. The van der Waals surface area contributed by atoms with Crippen LogP contribution in [0.25, 0.3) is 10.9 Å². The van der Waals surface area contributed by atoms with Gasteiger partial charge in [0.05, 0.1) is 12.1 Å². The number of para-hydroxylation sites is 1. The van der Waals surface area contributed by atoms with Gasteiger partial charge in [0, 0.05) is 28.9 Å². The highest BCUT2D eigenvalue weighted by molar-refractivity contribution is 5.94. The molecule has 0 atom stereocenters. The maximum atomic E-state index is 13.1. The van der Waals surface area contributed by atoms with Crippen LogP contribution in [0.2, 0.25) is 0 Å². The maximum Gasteiger partial charge on any atom is 0.416 e. The number of hydrogen-bond donors (Lipinski definition) is 1. The highest BCUT2D eigenvalue weighted by Crippen LogP contribution is 2.32. The van der Waals surface area contributed by atoms with E-state index in [1.165, 1.54) is 10.6 Å². The number of halogens is 3. The number of hydrogen-bond acceptors (Lipinski definition) is 2. The van der Waals surface area contributed by atoms with E-state index >= 15 is 0 Å². The highest BCUT2D eigenvalue weighted by atomic mass is 19.4. The van der Waals surface area contributed by atoms with Crippen molar-refractivity contribution in [3.05, 3.63) is 65.6 Å². The summed E-state index contributed by atoms with van der Waals surface area (Å²) < 4.78 is 40.6. The Bertz CT molecular complexity index is 884. The van der Waals surface area contributed by atoms with Gasteiger partial charge in [-0.1, -0.05) is 18.2 Å². The molecule has 2 heterocycles. The highest BCUT2D eigenvalue weighted by Gasteiger charge is 2.33. The standard InChI is InChI=1S/C16H11F3N2O2/c17-16(18,19)12-5-6-20-8-11(12)9-21-13-4-2-1-3-10(13)7-14(21)15(22)23/h1-8H,9H2,(H,22,23). The molecule has 0 bridgehead atoms. The van der Waals surface area contributed by atoms with Crippen molar-refractivity contribution in [2.24, 2.45) is 0 Å². The Hall–Kier alpha value is -2.83. The van der Waals surface area contributed by atoms with Gasteiger partial charge in [-0.25, -0.2) is 4.79 Å². The normalized spacial score (nSPS) is 11.8. The van der Waals surface area contributed by atoms with Gasteiger partial charge in [0.1, 0.15) is 5.69 Å². The smallest absolute Gasteiger partial charge is 0.416 e. The van der Waals surface area contributed by atoms with Crippen LogP contribution >= 0.6 is 0 Å². The van der Waals surface area contributed by atoms with Crippen molar-refractivity contribution in [2.45, 2.75) is 12.7 Å². The summed E-state index contributed by atoms with van der Waals surface area (Å²) in [6, 6.07) is 9.17. The molecule has 0 aliphatic carbocycles. The number of nitrogens with zero attached hydrogens (tertiary/aromatic N) is 2. The molecular formula is C16H11F3N2O2. The third-order valence-corrected chi connectivity index (χ3v) is 3.57. The molecule has 3 aromatic rings. The molecule has 0 amide bonds. The topological polar surface area (TPSA) is 55.1 Å². The molecule has 0 spiro atoms. The zero-order valence-electron chi connectivity index (χ0n) is 11.7. The zero-order chi connectivity index (χ0) is 16.6. The Morgan fingerprint density at radius 3 is 2.65 bits per heavy atom. The minimum atomic E-state index is -4.52. The monoisotopic (exact) mass is 320 g/mol. The van der Waals surface area contributed by atoms with Crippen LogP contribution in [0.5, 0.6) is 0 Å². The van der Waals surface area contributed by atoms with E-state index in [9.17, 15) is 23.1 Å². The number of aromatic nitrogens is 2. The van der Waals surface area contributed by atoms with Crippen LogP contribution in [0.3, 0.4) is 0 Å². The lowest BCUT2D eigenvalue weighted by atomic mass is 10.1. The van der Waals surface area contributed by atoms with Gasteiger partial charge in [0.15, 0.2) is 0 Å². The van der Waals surface area contributed by atoms with Crippen LogP contribution < -0.4 is 0 Å². The van der Waals surface area contributed by atoms with E-state index in [4.69, 9.17) is 0 Å². The number of carboxylic acid groups (broad SMARTS) is 1. The predicted molar refractivity (Wildman–Crippen MR) is 77.2 cm³/mol. The fourth-order valence-corrected chi connectivity index (χ4v) is 2.56. The molecule has 23 heavy (non-hydrogen) atoms. The Morgan fingerprint density at radius 2 is 1.96 bits per heavy atom. The summed E-state index contributed by atoms with van der Waals surface area (Å²) in [5.41, 5.74) is -0.407. The first-order chi connectivity index (χ1) is 10.9. The summed E-state index contributed by atoms with van der Waals surface area (Å²) >= 11 is 0. The van der Waals surface area contributed by atoms with Crippen LogP contribution in [0.15, 0.2) is 48.8 Å². The molecule has 0 unspecified atom stereocenters. The zero-order valence-corrected chi connectivity index (χ0v) is 11.7. The minimum Gasteiger partial charge on any atom is -0.477 e. The van der Waals surface area contributed by atoms with E-state index < -0.39 is 17.7 Å². The summed E-state index contributed by atoms with van der Waals surface area (Å²) in [4.78, 5) is 15.1. The lowest BCUT2D eigenvalue weighted by Crippen LogP contribution is -2.14. The predicted octanol–water partition coefficient (Wildman–Crippen LogP) is 3.80. The molecule has 2 aromatic heterocycles. The van der Waals surface area contributed by atoms with Gasteiger partial charge in [-0.05, 0) is 18.2 Å². The molecule has 0 aliphatic heterocycles. The number of carbonyl (C=O) groups is 1. The van der Waals surface area contributed by atoms with Crippen molar-refractivity contribution in [2.75, 3.05) is 0 Å². The molecule has 0 aliphatic rings. The number of aromatic carboxylic acids is 1. The number of alkyl halides is 3. The van der Waals surface area contributed by atoms with Gasteiger partial charge in [-0.2, -0.15) is 13.2 Å². The number of fused-ring (bicyclic) bond motifs is 1. The van der Waals surface area contributed by atoms with Gasteiger partial charge in [-0.3, -0.25) is 4.98 Å². The van der Waals surface area contributed by atoms with Gasteiger partial charge in [-0.15, -0.1) is 0 Å². The van der Waals surface area contributed by atoms with Gasteiger partial charge in [0.25, 0.3) is 0 Å². The molecule has 118 valence electrons. The number of rotatable bonds is 3. The first-order valence-corrected chi connectivity index (χ1v) is 6.69. The van der Waals surface area contributed by atoms with Crippen LogP contribution in [0.1, 0.15) is 21.6 Å². The van der Waals surface area contributed by atoms with Gasteiger partial charge >= 0.3 is 12.1 Å². The Labute approximate surface area is 128 Å². The lowest BCUT2D eigenvalue weighted by Gasteiger charge is -2.14. The van der Waals surface area contributed by atoms with E-state index in [1.807, 2.05) is 0 Å². The molecule has 0 saturated heterocycles. The molecule has 1 aromatic carbocycles. The fourth-order valence-electron chi connectivity index (χ4n) is 2.56.